The van der Waals surface area contributed by atoms with Gasteiger partial charge in [0.2, 0.25) is 0 Å². The molecule has 222 valence electrons. The molecule has 0 aliphatic carbocycles. The molecule has 0 N–H and O–H groups in total. The van der Waals surface area contributed by atoms with Crippen LogP contribution >= 0.6 is 0 Å². The van der Waals surface area contributed by atoms with Gasteiger partial charge in [-0.15, -0.1) is 0 Å². The minimum Gasteiger partial charge on any atom is -0.489 e. The number of benzene rings is 4. The normalized spacial score (nSPS) is 11.1. The molecule has 0 spiro atoms. The fourth-order valence-corrected chi connectivity index (χ4v) is 3.75. The van der Waals surface area contributed by atoms with E-state index in [4.69, 9.17) is 4.74 Å². The van der Waals surface area contributed by atoms with Crippen LogP contribution in [0, 0.1) is 64.2 Å². The number of hydrogen-bond donors (Lipinski definition) is 0. The second-order valence-corrected chi connectivity index (χ2v) is 8.56. The molecule has 0 aliphatic rings. The number of hydrogen-bond acceptors (Lipinski definition) is 2. The molecule has 0 saturated carbocycles. The number of ether oxygens (including phenoxy) is 2. The predicted molar refractivity (Wildman–Crippen MR) is 131 cm³/mol. The zero-order chi connectivity index (χ0) is 31.6. The van der Waals surface area contributed by atoms with Gasteiger partial charge in [-0.25, -0.2) is 39.5 Å². The summed E-state index contributed by atoms with van der Waals surface area (Å²) in [7, 11) is 0. The standard InChI is InChI=1S/C30H13F11O2/c1-2-5-42-16-10-19(31)18(20(32)11-16)4-3-14-6-21(33)27(22(34)7-14)15-8-23(35)28(24(36)9-15)30(40,41)43-17-12-25(37)29(39)26(38)13-17/h2,6-13H,1,5H2. The highest BCUT2D eigenvalue weighted by Crippen LogP contribution is 2.38. The van der Waals surface area contributed by atoms with E-state index in [0.29, 0.717) is 12.1 Å². The van der Waals surface area contributed by atoms with Gasteiger partial charge in [-0.3, -0.25) is 0 Å². The lowest BCUT2D eigenvalue weighted by molar-refractivity contribution is -0.189. The van der Waals surface area contributed by atoms with Gasteiger partial charge in [0.05, 0.1) is 11.1 Å². The summed E-state index contributed by atoms with van der Waals surface area (Å²) >= 11 is 0. The van der Waals surface area contributed by atoms with E-state index >= 15 is 0 Å². The summed E-state index contributed by atoms with van der Waals surface area (Å²) < 4.78 is 165. The Morgan fingerprint density at radius 1 is 0.628 bits per heavy atom. The highest BCUT2D eigenvalue weighted by molar-refractivity contribution is 5.67. The van der Waals surface area contributed by atoms with E-state index in [9.17, 15) is 48.3 Å². The average molecular weight is 614 g/mol. The Bertz CT molecular complexity index is 1710. The van der Waals surface area contributed by atoms with Crippen LogP contribution in [0.2, 0.25) is 0 Å². The van der Waals surface area contributed by atoms with E-state index in [-0.39, 0.29) is 36.6 Å². The Balaban J connectivity index is 1.65. The Hall–Kier alpha value is -4.99. The first-order valence-corrected chi connectivity index (χ1v) is 11.7. The molecule has 4 aromatic rings. The molecular weight excluding hydrogens is 601 g/mol. The maximum absolute atomic E-state index is 14.8. The first kappa shape index (κ1) is 31.0. The molecule has 0 saturated heterocycles. The number of halogens is 11. The maximum atomic E-state index is 14.8. The third-order valence-electron chi connectivity index (χ3n) is 5.58. The van der Waals surface area contributed by atoms with Gasteiger partial charge in [0.25, 0.3) is 0 Å². The van der Waals surface area contributed by atoms with E-state index in [1.165, 1.54) is 6.08 Å². The summed E-state index contributed by atoms with van der Waals surface area (Å²) in [5.41, 5.74) is -5.28. The van der Waals surface area contributed by atoms with Gasteiger partial charge < -0.3 is 9.47 Å². The Morgan fingerprint density at radius 3 is 1.65 bits per heavy atom. The maximum Gasteiger partial charge on any atom is 0.432 e. The Morgan fingerprint density at radius 2 is 1.14 bits per heavy atom. The Labute approximate surface area is 235 Å². The molecule has 0 fully saturated rings. The summed E-state index contributed by atoms with van der Waals surface area (Å²) in [5, 5.41) is 0. The lowest BCUT2D eigenvalue weighted by Gasteiger charge is -2.20. The second-order valence-electron chi connectivity index (χ2n) is 8.56. The minimum atomic E-state index is -4.93. The molecule has 4 aromatic carbocycles. The van der Waals surface area contributed by atoms with Crippen molar-refractivity contribution in [3.05, 3.63) is 130 Å². The van der Waals surface area contributed by atoms with Crippen molar-refractivity contribution in [2.75, 3.05) is 6.61 Å². The molecule has 0 aromatic heterocycles. The van der Waals surface area contributed by atoms with Crippen molar-refractivity contribution in [2.45, 2.75) is 6.11 Å². The van der Waals surface area contributed by atoms with E-state index in [0.717, 1.165) is 12.1 Å². The van der Waals surface area contributed by atoms with Crippen molar-refractivity contribution in [1.29, 1.82) is 0 Å². The molecule has 0 amide bonds. The summed E-state index contributed by atoms with van der Waals surface area (Å²) in [4.78, 5) is 0. The Kier molecular flexibility index (Phi) is 8.70. The van der Waals surface area contributed by atoms with Crippen molar-refractivity contribution in [3.8, 4) is 34.5 Å². The van der Waals surface area contributed by atoms with Crippen LogP contribution in [0.5, 0.6) is 11.5 Å². The van der Waals surface area contributed by atoms with E-state index < -0.39 is 92.0 Å². The number of alkyl halides is 2. The van der Waals surface area contributed by atoms with Crippen LogP contribution < -0.4 is 9.47 Å². The van der Waals surface area contributed by atoms with Gasteiger partial charge in [0.1, 0.15) is 58.6 Å². The van der Waals surface area contributed by atoms with Crippen molar-refractivity contribution in [1.82, 2.24) is 0 Å². The molecule has 0 radical (unpaired) electrons. The topological polar surface area (TPSA) is 18.5 Å². The van der Waals surface area contributed by atoms with Gasteiger partial charge in [0, 0.05) is 29.8 Å². The van der Waals surface area contributed by atoms with Gasteiger partial charge >= 0.3 is 6.11 Å². The number of rotatable bonds is 7. The molecule has 13 heteroatoms. The molecular formula is C30H13F11O2. The smallest absolute Gasteiger partial charge is 0.432 e. The third kappa shape index (κ3) is 6.58. The van der Waals surface area contributed by atoms with Crippen LogP contribution in [-0.4, -0.2) is 6.61 Å². The van der Waals surface area contributed by atoms with Gasteiger partial charge in [0.15, 0.2) is 17.5 Å². The molecule has 43 heavy (non-hydrogen) atoms. The molecule has 0 unspecified atom stereocenters. The highest BCUT2D eigenvalue weighted by Gasteiger charge is 2.42. The molecule has 4 rings (SSSR count). The van der Waals surface area contributed by atoms with Crippen molar-refractivity contribution < 1.29 is 57.8 Å². The van der Waals surface area contributed by atoms with E-state index in [2.05, 4.69) is 23.2 Å². The molecule has 0 heterocycles. The van der Waals surface area contributed by atoms with Crippen molar-refractivity contribution >= 4 is 0 Å². The minimum absolute atomic E-state index is 0.00228. The summed E-state index contributed by atoms with van der Waals surface area (Å²) in [5.74, 6) is -12.5. The van der Waals surface area contributed by atoms with E-state index in [1.807, 2.05) is 0 Å². The first-order chi connectivity index (χ1) is 20.2. The van der Waals surface area contributed by atoms with Crippen LogP contribution in [0.25, 0.3) is 11.1 Å². The zero-order valence-corrected chi connectivity index (χ0v) is 21.1. The van der Waals surface area contributed by atoms with Crippen LogP contribution in [0.4, 0.5) is 48.3 Å². The average Bonchev–Trinajstić information content (AvgIpc) is 2.89. The molecule has 0 atom stereocenters. The second kappa shape index (κ2) is 12.1. The van der Waals surface area contributed by atoms with Gasteiger partial charge in [-0.1, -0.05) is 24.5 Å². The van der Waals surface area contributed by atoms with E-state index in [1.54, 1.807) is 0 Å². The van der Waals surface area contributed by atoms with Crippen LogP contribution in [0.3, 0.4) is 0 Å². The summed E-state index contributed by atoms with van der Waals surface area (Å²) in [6, 6.07) is 3.02. The zero-order valence-electron chi connectivity index (χ0n) is 21.1. The summed E-state index contributed by atoms with van der Waals surface area (Å²) in [6.45, 7) is 3.34. The molecule has 2 nitrogen and oxygen atoms in total. The monoisotopic (exact) mass is 614 g/mol. The van der Waals surface area contributed by atoms with Crippen molar-refractivity contribution in [3.63, 3.8) is 0 Å². The highest BCUT2D eigenvalue weighted by atomic mass is 19.3. The van der Waals surface area contributed by atoms with Crippen LogP contribution in [0.15, 0.2) is 61.2 Å². The lowest BCUT2D eigenvalue weighted by atomic mass is 9.99. The SMILES string of the molecule is C=CCOc1cc(F)c(C#Cc2cc(F)c(-c3cc(F)c(C(F)(F)Oc4cc(F)c(F)c(F)c4)c(F)c3)c(F)c2)c(F)c1. The quantitative estimate of drug-likeness (QED) is 0.0898. The first-order valence-electron chi connectivity index (χ1n) is 11.7. The van der Waals surface area contributed by atoms with Crippen LogP contribution in [-0.2, 0) is 6.11 Å². The molecule has 0 aliphatic heterocycles. The summed E-state index contributed by atoms with van der Waals surface area (Å²) in [6.07, 6.45) is -3.60. The fourth-order valence-electron chi connectivity index (χ4n) is 3.75. The fraction of sp³-hybridized carbons (Fsp3) is 0.0667. The predicted octanol–water partition coefficient (Wildman–Crippen LogP) is 8.70. The van der Waals surface area contributed by atoms with Crippen molar-refractivity contribution in [2.24, 2.45) is 0 Å². The largest absolute Gasteiger partial charge is 0.489 e. The third-order valence-corrected chi connectivity index (χ3v) is 5.58. The lowest BCUT2D eigenvalue weighted by Crippen LogP contribution is -2.25. The van der Waals surface area contributed by atoms with Gasteiger partial charge in [-0.05, 0) is 29.8 Å². The van der Waals surface area contributed by atoms with Gasteiger partial charge in [-0.2, -0.15) is 8.78 Å². The van der Waals surface area contributed by atoms with Crippen LogP contribution in [0.1, 0.15) is 16.7 Å². The molecule has 0 bridgehead atoms.